The zero-order valence-electron chi connectivity index (χ0n) is 22.1. The van der Waals surface area contributed by atoms with Gasteiger partial charge in [0.05, 0.1) is 16.8 Å². The molecule has 0 amide bonds. The summed E-state index contributed by atoms with van der Waals surface area (Å²) in [6.45, 7) is 6.81. The lowest BCUT2D eigenvalue weighted by atomic mass is 10.1. The fourth-order valence-corrected chi connectivity index (χ4v) is 4.91. The van der Waals surface area contributed by atoms with E-state index in [1.54, 1.807) is 25.1 Å². The summed E-state index contributed by atoms with van der Waals surface area (Å²) in [5.74, 6) is -3.61. The fraction of sp³-hybridized carbons (Fsp3) is 0.296. The molecule has 0 spiro atoms. The lowest BCUT2D eigenvalue weighted by molar-refractivity contribution is -0.192. The van der Waals surface area contributed by atoms with Gasteiger partial charge in [-0.05, 0) is 43.5 Å². The second-order valence-corrected chi connectivity index (χ2v) is 10.5. The van der Waals surface area contributed by atoms with Gasteiger partial charge < -0.3 is 15.1 Å². The number of benzene rings is 2. The van der Waals surface area contributed by atoms with Crippen LogP contribution in [0.5, 0.6) is 0 Å². The number of hydrogen-bond donors (Lipinski definition) is 3. The molecule has 3 aromatic rings. The molecule has 0 fully saturated rings. The number of carbonyl (C=O) groups is 2. The summed E-state index contributed by atoms with van der Waals surface area (Å²) in [4.78, 5) is 27.4. The molecule has 0 aliphatic carbocycles. The maximum absolute atomic E-state index is 12.9. The first-order valence-corrected chi connectivity index (χ1v) is 13.6. The molecule has 0 aliphatic heterocycles. The molecule has 1 heterocycles. The number of carboxylic acids is 2. The van der Waals surface area contributed by atoms with Crippen molar-refractivity contribution in [1.29, 1.82) is 0 Å². The molecule has 0 unspecified atom stereocenters. The van der Waals surface area contributed by atoms with Crippen LogP contribution in [-0.4, -0.2) is 48.3 Å². The number of aryl methyl sites for hydroxylation is 2. The van der Waals surface area contributed by atoms with Crippen molar-refractivity contribution in [3.05, 3.63) is 83.0 Å². The summed E-state index contributed by atoms with van der Waals surface area (Å²) >= 11 is 0. The van der Waals surface area contributed by atoms with Gasteiger partial charge in [-0.2, -0.15) is 13.2 Å². The predicted octanol–water partition coefficient (Wildman–Crippen LogP) is 5.64. The second kappa shape index (κ2) is 13.8. The standard InChI is InChI=1S/C25H29N3O4S.C2HF3O2/c1-4-5-13-28(17-20-9-7-6-8-10-20)24-22(25(29)30)15-21(16-26-24)27-33(31,32)23-12-11-18(2)14-19(23)3;3-2(4,5)1(6)7/h6-12,14-16,27H,4-5,13,17H2,1-3H3,(H,29,30);(H,6,7). The molecule has 0 radical (unpaired) electrons. The first-order chi connectivity index (χ1) is 18.7. The molecule has 216 valence electrons. The van der Waals surface area contributed by atoms with Crippen molar-refractivity contribution in [3.63, 3.8) is 0 Å². The Kier molecular flexibility index (Phi) is 11.1. The van der Waals surface area contributed by atoms with Crippen LogP contribution in [0.25, 0.3) is 0 Å². The van der Waals surface area contributed by atoms with Gasteiger partial charge in [0.1, 0.15) is 11.4 Å². The van der Waals surface area contributed by atoms with Crippen molar-refractivity contribution in [2.75, 3.05) is 16.2 Å². The Balaban J connectivity index is 0.000000708. The summed E-state index contributed by atoms with van der Waals surface area (Å²) in [5, 5.41) is 17.0. The number of nitrogens with zero attached hydrogens (tertiary/aromatic N) is 2. The number of aliphatic carboxylic acids is 1. The highest BCUT2D eigenvalue weighted by Gasteiger charge is 2.38. The summed E-state index contributed by atoms with van der Waals surface area (Å²) in [6.07, 6.45) is -1.90. The summed E-state index contributed by atoms with van der Waals surface area (Å²) in [7, 11) is -3.90. The Morgan fingerprint density at radius 2 is 1.65 bits per heavy atom. The van der Waals surface area contributed by atoms with E-state index in [1.807, 2.05) is 42.2 Å². The Labute approximate surface area is 230 Å². The smallest absolute Gasteiger partial charge is 0.478 e. The zero-order valence-corrected chi connectivity index (χ0v) is 22.9. The minimum atomic E-state index is -5.08. The number of rotatable bonds is 10. The third-order valence-corrected chi connectivity index (χ3v) is 7.05. The number of aromatic nitrogens is 1. The van der Waals surface area contributed by atoms with Gasteiger partial charge in [-0.25, -0.2) is 23.0 Å². The zero-order chi connectivity index (χ0) is 30.1. The topological polar surface area (TPSA) is 137 Å². The average Bonchev–Trinajstić information content (AvgIpc) is 2.86. The number of carboxylic acid groups (broad SMARTS) is 2. The van der Waals surface area contributed by atoms with Crippen LogP contribution in [0, 0.1) is 13.8 Å². The van der Waals surface area contributed by atoms with Crippen molar-refractivity contribution in [2.45, 2.75) is 51.2 Å². The number of alkyl halides is 3. The number of halogens is 3. The van der Waals surface area contributed by atoms with Crippen molar-refractivity contribution in [3.8, 4) is 0 Å². The third kappa shape index (κ3) is 9.26. The second-order valence-electron chi connectivity index (χ2n) is 8.84. The van der Waals surface area contributed by atoms with Gasteiger partial charge in [0, 0.05) is 13.1 Å². The Morgan fingerprint density at radius 1 is 1.02 bits per heavy atom. The highest BCUT2D eigenvalue weighted by atomic mass is 32.2. The minimum Gasteiger partial charge on any atom is -0.478 e. The van der Waals surface area contributed by atoms with Crippen LogP contribution in [0.15, 0.2) is 65.7 Å². The number of hydrogen-bond acceptors (Lipinski definition) is 6. The van der Waals surface area contributed by atoms with E-state index in [4.69, 9.17) is 9.90 Å². The lowest BCUT2D eigenvalue weighted by Crippen LogP contribution is -2.27. The average molecular weight is 582 g/mol. The first-order valence-electron chi connectivity index (χ1n) is 12.1. The Hall–Kier alpha value is -4.13. The molecular weight excluding hydrogens is 551 g/mol. The molecule has 3 N–H and O–H groups in total. The first kappa shape index (κ1) is 32.1. The van der Waals surface area contributed by atoms with Crippen molar-refractivity contribution >= 4 is 33.5 Å². The molecule has 0 atom stereocenters. The van der Waals surface area contributed by atoms with E-state index in [-0.39, 0.29) is 16.1 Å². The minimum absolute atomic E-state index is 0.0529. The predicted molar refractivity (Wildman–Crippen MR) is 144 cm³/mol. The number of anilines is 2. The summed E-state index contributed by atoms with van der Waals surface area (Å²) in [6, 6.07) is 16.1. The maximum atomic E-state index is 12.9. The van der Waals surface area contributed by atoms with E-state index >= 15 is 0 Å². The van der Waals surface area contributed by atoms with Crippen LogP contribution in [0.3, 0.4) is 0 Å². The van der Waals surface area contributed by atoms with E-state index in [2.05, 4.69) is 16.6 Å². The van der Waals surface area contributed by atoms with Crippen LogP contribution >= 0.6 is 0 Å². The van der Waals surface area contributed by atoms with E-state index in [1.165, 1.54) is 12.3 Å². The highest BCUT2D eigenvalue weighted by Crippen LogP contribution is 2.26. The van der Waals surface area contributed by atoms with E-state index in [0.717, 1.165) is 24.0 Å². The number of sulfonamides is 1. The van der Waals surface area contributed by atoms with Crippen LogP contribution < -0.4 is 9.62 Å². The van der Waals surface area contributed by atoms with Crippen molar-refractivity contribution in [2.24, 2.45) is 0 Å². The van der Waals surface area contributed by atoms with Gasteiger partial charge in [0.25, 0.3) is 10.0 Å². The molecule has 0 bridgehead atoms. The van der Waals surface area contributed by atoms with Gasteiger partial charge in [0.2, 0.25) is 0 Å². The molecule has 1 aromatic heterocycles. The fourth-order valence-electron chi connectivity index (χ4n) is 3.65. The number of nitrogens with one attached hydrogen (secondary N) is 1. The van der Waals surface area contributed by atoms with Crippen LogP contribution in [0.4, 0.5) is 24.7 Å². The molecule has 40 heavy (non-hydrogen) atoms. The van der Waals surface area contributed by atoms with Gasteiger partial charge >= 0.3 is 18.1 Å². The number of pyridine rings is 1. The Morgan fingerprint density at radius 3 is 2.17 bits per heavy atom. The summed E-state index contributed by atoms with van der Waals surface area (Å²) in [5.41, 5.74) is 2.65. The SMILES string of the molecule is CCCCN(Cc1ccccc1)c1ncc(NS(=O)(=O)c2ccc(C)cc2C)cc1C(=O)O.O=C(O)C(F)(F)F. The number of unbranched alkanes of at least 4 members (excludes halogenated alkanes) is 1. The quantitative estimate of drug-likeness (QED) is 0.280. The molecule has 13 heteroatoms. The maximum Gasteiger partial charge on any atom is 0.490 e. The molecule has 3 rings (SSSR count). The number of aromatic carboxylic acids is 1. The molecule has 2 aromatic carbocycles. The van der Waals surface area contributed by atoms with Gasteiger partial charge in [-0.15, -0.1) is 0 Å². The van der Waals surface area contributed by atoms with Crippen molar-refractivity contribution in [1.82, 2.24) is 4.98 Å². The third-order valence-electron chi connectivity index (χ3n) is 5.51. The van der Waals surface area contributed by atoms with Gasteiger partial charge in [-0.1, -0.05) is 61.4 Å². The van der Waals surface area contributed by atoms with E-state index in [9.17, 15) is 31.5 Å². The van der Waals surface area contributed by atoms with Crippen LogP contribution in [0.1, 0.15) is 46.8 Å². The normalized spacial score (nSPS) is 11.2. The largest absolute Gasteiger partial charge is 0.490 e. The van der Waals surface area contributed by atoms with E-state index < -0.39 is 28.1 Å². The molecular formula is C27H30F3N3O6S. The Bertz CT molecular complexity index is 1430. The molecule has 9 nitrogen and oxygen atoms in total. The molecule has 0 saturated carbocycles. The lowest BCUT2D eigenvalue weighted by Gasteiger charge is -2.25. The van der Waals surface area contributed by atoms with Crippen LogP contribution in [-0.2, 0) is 21.4 Å². The molecule has 0 aliphatic rings. The van der Waals surface area contributed by atoms with Gasteiger partial charge in [0.15, 0.2) is 0 Å². The molecule has 0 saturated heterocycles. The van der Waals surface area contributed by atoms with Gasteiger partial charge in [-0.3, -0.25) is 4.72 Å². The highest BCUT2D eigenvalue weighted by molar-refractivity contribution is 7.92. The monoisotopic (exact) mass is 581 g/mol. The van der Waals surface area contributed by atoms with Crippen molar-refractivity contribution < 1.29 is 41.4 Å². The van der Waals surface area contributed by atoms with Crippen LogP contribution in [0.2, 0.25) is 0 Å². The van der Waals surface area contributed by atoms with E-state index in [0.29, 0.717) is 24.5 Å². The summed E-state index contributed by atoms with van der Waals surface area (Å²) < 4.78 is 60.1.